The summed E-state index contributed by atoms with van der Waals surface area (Å²) in [6.45, 7) is 0.318. The molecule has 106 valence electrons. The second kappa shape index (κ2) is 5.60. The molecule has 1 aromatic carbocycles. The number of aromatic carboxylic acids is 1. The van der Waals surface area contributed by atoms with Gasteiger partial charge in [0.25, 0.3) is 0 Å². The number of carbonyl (C=O) groups is 3. The Bertz CT molecular complexity index is 570. The summed E-state index contributed by atoms with van der Waals surface area (Å²) in [5.74, 6) is -1.45. The molecule has 2 rings (SSSR count). The largest absolute Gasteiger partial charge is 0.491 e. The molecule has 0 spiro atoms. The van der Waals surface area contributed by atoms with E-state index in [9.17, 15) is 14.4 Å². The number of primary amides is 1. The minimum atomic E-state index is -1.07. The van der Waals surface area contributed by atoms with Crippen LogP contribution in [-0.4, -0.2) is 36.0 Å². The second-order valence-electron chi connectivity index (χ2n) is 4.35. The average molecular weight is 278 g/mol. The van der Waals surface area contributed by atoms with E-state index in [-0.39, 0.29) is 37.5 Å². The van der Waals surface area contributed by atoms with Crippen LogP contribution in [-0.2, 0) is 9.59 Å². The van der Waals surface area contributed by atoms with Crippen molar-refractivity contribution in [3.05, 3.63) is 23.8 Å². The average Bonchev–Trinajstić information content (AvgIpc) is 2.54. The van der Waals surface area contributed by atoms with E-state index in [0.29, 0.717) is 11.4 Å². The summed E-state index contributed by atoms with van der Waals surface area (Å²) in [4.78, 5) is 35.2. The Labute approximate surface area is 114 Å². The number of hydrogen-bond donors (Lipinski definition) is 2. The lowest BCUT2D eigenvalue weighted by Crippen LogP contribution is -2.33. The number of carboxylic acid groups (broad SMARTS) is 1. The van der Waals surface area contributed by atoms with Gasteiger partial charge < -0.3 is 20.5 Å². The van der Waals surface area contributed by atoms with Crippen LogP contribution in [0.1, 0.15) is 23.2 Å². The van der Waals surface area contributed by atoms with Gasteiger partial charge in [0.05, 0.1) is 24.3 Å². The highest BCUT2D eigenvalue weighted by Gasteiger charge is 2.24. The van der Waals surface area contributed by atoms with Crippen molar-refractivity contribution in [2.75, 3.05) is 18.1 Å². The maximum atomic E-state index is 12.0. The Kier molecular flexibility index (Phi) is 3.88. The van der Waals surface area contributed by atoms with Crippen molar-refractivity contribution in [1.82, 2.24) is 0 Å². The highest BCUT2D eigenvalue weighted by atomic mass is 16.5. The van der Waals surface area contributed by atoms with Gasteiger partial charge in [0.2, 0.25) is 11.8 Å². The first-order valence-electron chi connectivity index (χ1n) is 6.08. The Morgan fingerprint density at radius 1 is 1.40 bits per heavy atom. The molecule has 0 saturated carbocycles. The number of rotatable bonds is 4. The zero-order chi connectivity index (χ0) is 14.7. The molecular formula is C13H14N2O5. The van der Waals surface area contributed by atoms with E-state index >= 15 is 0 Å². The Hall–Kier alpha value is -2.57. The van der Waals surface area contributed by atoms with Gasteiger partial charge in [0.1, 0.15) is 5.75 Å². The van der Waals surface area contributed by atoms with Gasteiger partial charge in [-0.2, -0.15) is 0 Å². The van der Waals surface area contributed by atoms with Crippen molar-refractivity contribution in [1.29, 1.82) is 0 Å². The van der Waals surface area contributed by atoms with Crippen LogP contribution < -0.4 is 15.4 Å². The van der Waals surface area contributed by atoms with Crippen molar-refractivity contribution >= 4 is 23.5 Å². The molecule has 1 aromatic rings. The van der Waals surface area contributed by atoms with E-state index in [1.165, 1.54) is 23.1 Å². The van der Waals surface area contributed by atoms with Crippen LogP contribution in [0.15, 0.2) is 18.2 Å². The van der Waals surface area contributed by atoms with Crippen LogP contribution in [0.2, 0.25) is 0 Å². The first kappa shape index (κ1) is 13.9. The molecule has 1 aliphatic rings. The third kappa shape index (κ3) is 2.87. The summed E-state index contributed by atoms with van der Waals surface area (Å²) >= 11 is 0. The Balaban J connectivity index is 2.36. The summed E-state index contributed by atoms with van der Waals surface area (Å²) < 4.78 is 5.40. The smallest absolute Gasteiger partial charge is 0.335 e. The molecule has 0 radical (unpaired) electrons. The number of amides is 2. The molecule has 0 fully saturated rings. The first-order valence-corrected chi connectivity index (χ1v) is 6.08. The molecule has 0 saturated heterocycles. The molecule has 1 heterocycles. The number of benzene rings is 1. The van der Waals surface area contributed by atoms with Crippen LogP contribution in [0.25, 0.3) is 0 Å². The maximum absolute atomic E-state index is 12.0. The summed E-state index contributed by atoms with van der Waals surface area (Å²) in [5, 5.41) is 8.95. The van der Waals surface area contributed by atoms with Crippen molar-refractivity contribution in [2.45, 2.75) is 12.8 Å². The van der Waals surface area contributed by atoms with Gasteiger partial charge in [-0.05, 0) is 18.2 Å². The van der Waals surface area contributed by atoms with E-state index in [2.05, 4.69) is 0 Å². The summed E-state index contributed by atoms with van der Waals surface area (Å²) in [6.07, 6.45) is 0.196. The van der Waals surface area contributed by atoms with Crippen LogP contribution in [0, 0.1) is 0 Å². The fraction of sp³-hybridized carbons (Fsp3) is 0.308. The van der Waals surface area contributed by atoms with Gasteiger partial charge in [-0.3, -0.25) is 9.59 Å². The number of nitrogens with two attached hydrogens (primary N) is 1. The lowest BCUT2D eigenvalue weighted by atomic mass is 10.1. The Morgan fingerprint density at radius 2 is 2.15 bits per heavy atom. The molecule has 7 heteroatoms. The zero-order valence-electron chi connectivity index (χ0n) is 10.7. The lowest BCUT2D eigenvalue weighted by Gasteiger charge is -2.21. The van der Waals surface area contributed by atoms with Crippen molar-refractivity contribution in [2.24, 2.45) is 5.73 Å². The van der Waals surface area contributed by atoms with Gasteiger partial charge >= 0.3 is 5.97 Å². The third-order valence-corrected chi connectivity index (χ3v) is 2.95. The molecule has 7 nitrogen and oxygen atoms in total. The maximum Gasteiger partial charge on any atom is 0.335 e. The monoisotopic (exact) mass is 278 g/mol. The molecule has 2 amide bonds. The third-order valence-electron chi connectivity index (χ3n) is 2.95. The molecule has 0 aliphatic carbocycles. The molecule has 0 bridgehead atoms. The van der Waals surface area contributed by atoms with Crippen molar-refractivity contribution < 1.29 is 24.2 Å². The lowest BCUT2D eigenvalue weighted by molar-refractivity contribution is -0.119. The molecule has 1 aliphatic heterocycles. The highest BCUT2D eigenvalue weighted by molar-refractivity contribution is 5.97. The summed E-state index contributed by atoms with van der Waals surface area (Å²) in [5.41, 5.74) is 5.63. The number of nitrogens with zero attached hydrogens (tertiary/aromatic N) is 1. The summed E-state index contributed by atoms with van der Waals surface area (Å²) in [6, 6.07) is 4.26. The molecule has 3 N–H and O–H groups in total. The van der Waals surface area contributed by atoms with E-state index in [1.54, 1.807) is 0 Å². The molecule has 0 atom stereocenters. The molecule has 0 aromatic heterocycles. The van der Waals surface area contributed by atoms with Crippen LogP contribution >= 0.6 is 0 Å². The normalized spacial score (nSPS) is 14.2. The van der Waals surface area contributed by atoms with Crippen LogP contribution in [0.5, 0.6) is 5.75 Å². The first-order chi connectivity index (χ1) is 9.49. The van der Waals surface area contributed by atoms with E-state index in [1.807, 2.05) is 0 Å². The van der Waals surface area contributed by atoms with E-state index < -0.39 is 11.9 Å². The van der Waals surface area contributed by atoms with Gasteiger partial charge in [-0.25, -0.2) is 4.79 Å². The number of carboxylic acids is 1. The molecule has 20 heavy (non-hydrogen) atoms. The zero-order valence-corrected chi connectivity index (χ0v) is 10.7. The second-order valence-corrected chi connectivity index (χ2v) is 4.35. The number of anilines is 1. The number of hydrogen-bond acceptors (Lipinski definition) is 4. The van der Waals surface area contributed by atoms with E-state index in [4.69, 9.17) is 15.6 Å². The number of carbonyl (C=O) groups excluding carboxylic acids is 2. The number of fused-ring (bicyclic) bond motifs is 1. The fourth-order valence-corrected chi connectivity index (χ4v) is 1.97. The van der Waals surface area contributed by atoms with Crippen LogP contribution in [0.4, 0.5) is 5.69 Å². The standard InChI is InChI=1S/C13H14N2O5/c14-11(16)3-5-15-9-2-1-8(13(18)19)7-10(9)20-6-4-12(15)17/h1-2,7H,3-6H2,(H2,14,16)(H,18,19). The van der Waals surface area contributed by atoms with Crippen LogP contribution in [0.3, 0.4) is 0 Å². The minimum absolute atomic E-state index is 0.0336. The quantitative estimate of drug-likeness (QED) is 0.827. The fourth-order valence-electron chi connectivity index (χ4n) is 1.97. The summed E-state index contributed by atoms with van der Waals surface area (Å²) in [7, 11) is 0. The topological polar surface area (TPSA) is 110 Å². The molecule has 0 unspecified atom stereocenters. The molecular weight excluding hydrogens is 264 g/mol. The minimum Gasteiger partial charge on any atom is -0.491 e. The van der Waals surface area contributed by atoms with Crippen molar-refractivity contribution in [3.63, 3.8) is 0 Å². The highest BCUT2D eigenvalue weighted by Crippen LogP contribution is 2.32. The van der Waals surface area contributed by atoms with E-state index in [0.717, 1.165) is 0 Å². The Morgan fingerprint density at radius 3 is 2.80 bits per heavy atom. The van der Waals surface area contributed by atoms with Gasteiger partial charge in [0, 0.05) is 13.0 Å². The predicted molar refractivity (Wildman–Crippen MR) is 69.7 cm³/mol. The van der Waals surface area contributed by atoms with Gasteiger partial charge in [-0.15, -0.1) is 0 Å². The predicted octanol–water partition coefficient (Wildman–Crippen LogP) is 0.376. The van der Waals surface area contributed by atoms with Gasteiger partial charge in [-0.1, -0.05) is 0 Å². The SMILES string of the molecule is NC(=O)CCN1C(=O)CCOc2cc(C(=O)O)ccc21. The van der Waals surface area contributed by atoms with Crippen molar-refractivity contribution in [3.8, 4) is 5.75 Å². The van der Waals surface area contributed by atoms with Gasteiger partial charge in [0.15, 0.2) is 0 Å². The number of ether oxygens (including phenoxy) is 1.